The minimum Gasteiger partial charge on any atom is -0.438 e. The van der Waals surface area contributed by atoms with Crippen LogP contribution in [0.25, 0.3) is 17.4 Å². The number of para-hydroxylation sites is 1. The van der Waals surface area contributed by atoms with E-state index < -0.39 is 11.5 Å². The number of aryl methyl sites for hydroxylation is 1. The summed E-state index contributed by atoms with van der Waals surface area (Å²) in [5.41, 5.74) is 2.99. The van der Waals surface area contributed by atoms with E-state index in [4.69, 9.17) is 21.9 Å². The van der Waals surface area contributed by atoms with Crippen LogP contribution in [0.1, 0.15) is 43.2 Å². The molecule has 1 fully saturated rings. The molecule has 1 saturated heterocycles. The van der Waals surface area contributed by atoms with Crippen molar-refractivity contribution in [2.45, 2.75) is 40.0 Å². The summed E-state index contributed by atoms with van der Waals surface area (Å²) >= 11 is 6.64. The molecule has 9 nitrogen and oxygen atoms in total. The van der Waals surface area contributed by atoms with Gasteiger partial charge in [0.05, 0.1) is 16.3 Å². The predicted molar refractivity (Wildman–Crippen MR) is 183 cm³/mol. The number of thiocarbonyl (C=S) groups is 1. The maximum absolute atomic E-state index is 13.9. The Morgan fingerprint density at radius 3 is 2.27 bits per heavy atom. The van der Waals surface area contributed by atoms with Gasteiger partial charge in [0.25, 0.3) is 17.0 Å². The summed E-state index contributed by atoms with van der Waals surface area (Å²) < 4.78 is 11.0. The molecule has 2 aromatic carbocycles. The number of pyridine rings is 1. The fourth-order valence-corrected chi connectivity index (χ4v) is 6.48. The van der Waals surface area contributed by atoms with Gasteiger partial charge in [-0.15, -0.1) is 0 Å². The van der Waals surface area contributed by atoms with Crippen molar-refractivity contribution in [2.24, 2.45) is 7.05 Å². The van der Waals surface area contributed by atoms with Crippen LogP contribution in [0, 0.1) is 13.8 Å². The number of thioether (sulfide) groups is 1. The summed E-state index contributed by atoms with van der Waals surface area (Å²) in [6.07, 6.45) is 3.08. The number of hydrogen-bond acceptors (Lipinski definition) is 7. The largest absolute Gasteiger partial charge is 0.438 e. The highest BCUT2D eigenvalue weighted by atomic mass is 32.2. The quantitative estimate of drug-likeness (QED) is 0.165. The van der Waals surface area contributed by atoms with Crippen molar-refractivity contribution in [3.63, 3.8) is 0 Å². The highest BCUT2D eigenvalue weighted by Gasteiger charge is 2.38. The van der Waals surface area contributed by atoms with Crippen molar-refractivity contribution >= 4 is 51.6 Å². The number of ether oxygens (including phenoxy) is 1. The number of nitrogens with zero attached hydrogens (tertiary/aromatic N) is 5. The molecule has 228 valence electrons. The van der Waals surface area contributed by atoms with Crippen molar-refractivity contribution in [3.05, 3.63) is 121 Å². The number of fused-ring (bicyclic) bond motifs is 1. The van der Waals surface area contributed by atoms with E-state index in [2.05, 4.69) is 20.8 Å². The van der Waals surface area contributed by atoms with Crippen LogP contribution < -0.4 is 20.8 Å². The highest BCUT2D eigenvalue weighted by molar-refractivity contribution is 8.27. The molecule has 0 aliphatic carbocycles. The molecule has 5 aromatic rings. The zero-order chi connectivity index (χ0) is 32.2. The predicted octanol–water partition coefficient (Wildman–Crippen LogP) is 6.30. The van der Waals surface area contributed by atoms with Gasteiger partial charge in [0.2, 0.25) is 5.88 Å². The molecule has 0 bridgehead atoms. The van der Waals surface area contributed by atoms with Gasteiger partial charge < -0.3 is 4.74 Å². The number of hydrogen-bond donors (Lipinski definition) is 0. The molecule has 4 heterocycles. The van der Waals surface area contributed by atoms with E-state index in [1.54, 1.807) is 30.9 Å². The average Bonchev–Trinajstić information content (AvgIpc) is 3.39. The van der Waals surface area contributed by atoms with Gasteiger partial charge in [0.15, 0.2) is 4.32 Å². The molecule has 0 N–H and O–H groups in total. The Morgan fingerprint density at radius 1 is 0.911 bits per heavy atom. The Hall–Kier alpha value is -4.74. The molecule has 1 aliphatic rings. The summed E-state index contributed by atoms with van der Waals surface area (Å²) in [6.45, 7) is 10.00. The average molecular weight is 638 g/mol. The van der Waals surface area contributed by atoms with Crippen molar-refractivity contribution in [2.75, 3.05) is 4.90 Å². The molecule has 0 unspecified atom stereocenters. The second kappa shape index (κ2) is 11.3. The van der Waals surface area contributed by atoms with Gasteiger partial charge in [-0.3, -0.25) is 28.4 Å². The van der Waals surface area contributed by atoms with Gasteiger partial charge in [-0.25, -0.2) is 4.68 Å². The first-order valence-corrected chi connectivity index (χ1v) is 15.5. The number of rotatable bonds is 5. The molecule has 0 saturated carbocycles. The van der Waals surface area contributed by atoms with Crippen molar-refractivity contribution in [3.8, 4) is 17.3 Å². The van der Waals surface area contributed by atoms with Gasteiger partial charge in [-0.05, 0) is 66.8 Å². The maximum atomic E-state index is 13.9. The van der Waals surface area contributed by atoms with Gasteiger partial charge in [-0.1, -0.05) is 81.1 Å². The second-order valence-electron chi connectivity index (χ2n) is 11.8. The third-order valence-electron chi connectivity index (χ3n) is 7.80. The summed E-state index contributed by atoms with van der Waals surface area (Å²) in [7, 11) is 1.75. The standard InChI is InChI=1S/C34H31N5O4S2/c1-20-11-10-18-37-28(20)35-29(43-24-16-14-22(15-17-24)34(3,4)5)25(30(37)40)19-26-31(41)38(33(44)45-26)27-21(2)36(6)39(32(27)42)23-12-8-7-9-13-23/h7-19H,1-6H3. The highest BCUT2D eigenvalue weighted by Crippen LogP contribution is 2.37. The summed E-state index contributed by atoms with van der Waals surface area (Å²) in [6, 6.07) is 20.4. The van der Waals surface area contributed by atoms with Crippen LogP contribution in [0.4, 0.5) is 5.69 Å². The Bertz CT molecular complexity index is 2150. The Balaban J connectivity index is 1.45. The van der Waals surface area contributed by atoms with Crippen LogP contribution >= 0.6 is 24.0 Å². The lowest BCUT2D eigenvalue weighted by atomic mass is 9.87. The first-order valence-electron chi connectivity index (χ1n) is 14.3. The molecule has 0 radical (unpaired) electrons. The van der Waals surface area contributed by atoms with E-state index in [1.165, 1.54) is 20.1 Å². The second-order valence-corrected chi connectivity index (χ2v) is 13.5. The zero-order valence-corrected chi connectivity index (χ0v) is 27.3. The molecule has 6 rings (SSSR count). The summed E-state index contributed by atoms with van der Waals surface area (Å²) in [5.74, 6) is 0.0482. The lowest BCUT2D eigenvalue weighted by Gasteiger charge is -2.19. The zero-order valence-electron chi connectivity index (χ0n) is 25.7. The van der Waals surface area contributed by atoms with Crippen LogP contribution in [-0.4, -0.2) is 29.0 Å². The minimum atomic E-state index is -0.509. The van der Waals surface area contributed by atoms with Crippen molar-refractivity contribution < 1.29 is 9.53 Å². The molecule has 1 aliphatic heterocycles. The molecular formula is C34H31N5O4S2. The van der Waals surface area contributed by atoms with Crippen molar-refractivity contribution in [1.29, 1.82) is 0 Å². The molecule has 11 heteroatoms. The van der Waals surface area contributed by atoms with Crippen LogP contribution in [-0.2, 0) is 17.3 Å². The SMILES string of the molecule is Cc1cccn2c(=O)c(C=C3SC(=S)N(c4c(C)n(C)n(-c5ccccc5)c4=O)C3=O)c(Oc3ccc(C(C)(C)C)cc3)nc12. The van der Waals surface area contributed by atoms with E-state index in [1.807, 2.05) is 67.6 Å². The van der Waals surface area contributed by atoms with Crippen LogP contribution in [0.3, 0.4) is 0 Å². The van der Waals surface area contributed by atoms with Gasteiger partial charge in [-0.2, -0.15) is 4.98 Å². The van der Waals surface area contributed by atoms with Crippen LogP contribution in [0.15, 0.2) is 87.4 Å². The third kappa shape index (κ3) is 5.32. The number of carbonyl (C=O) groups excluding carboxylic acids is 1. The molecule has 1 amide bonds. The number of anilines is 1. The Kier molecular flexibility index (Phi) is 7.62. The molecule has 0 spiro atoms. The van der Waals surface area contributed by atoms with Crippen LogP contribution in [0.5, 0.6) is 11.6 Å². The monoisotopic (exact) mass is 637 g/mol. The minimum absolute atomic E-state index is 0.0446. The van der Waals surface area contributed by atoms with Gasteiger partial charge >= 0.3 is 0 Å². The third-order valence-corrected chi connectivity index (χ3v) is 9.10. The topological polar surface area (TPSA) is 90.8 Å². The first kappa shape index (κ1) is 30.3. The number of benzene rings is 2. The van der Waals surface area contributed by atoms with Crippen molar-refractivity contribution in [1.82, 2.24) is 18.7 Å². The van der Waals surface area contributed by atoms with E-state index >= 15 is 0 Å². The van der Waals surface area contributed by atoms with E-state index in [0.29, 0.717) is 22.8 Å². The lowest BCUT2D eigenvalue weighted by Crippen LogP contribution is -2.33. The van der Waals surface area contributed by atoms with Gasteiger partial charge in [0.1, 0.15) is 22.6 Å². The van der Waals surface area contributed by atoms with E-state index in [-0.39, 0.29) is 37.3 Å². The number of aromatic nitrogens is 4. The number of carbonyl (C=O) groups is 1. The van der Waals surface area contributed by atoms with Crippen LogP contribution in [0.2, 0.25) is 0 Å². The first-order chi connectivity index (χ1) is 21.4. The van der Waals surface area contributed by atoms with E-state index in [0.717, 1.165) is 22.9 Å². The molecule has 3 aromatic heterocycles. The summed E-state index contributed by atoms with van der Waals surface area (Å²) in [4.78, 5) is 47.7. The number of amides is 1. The lowest BCUT2D eigenvalue weighted by molar-refractivity contribution is -0.113. The Labute approximate surface area is 269 Å². The molecular weight excluding hydrogens is 607 g/mol. The maximum Gasteiger partial charge on any atom is 0.296 e. The fraction of sp³-hybridized carbons (Fsp3) is 0.206. The Morgan fingerprint density at radius 2 is 1.60 bits per heavy atom. The smallest absolute Gasteiger partial charge is 0.296 e. The fourth-order valence-electron chi connectivity index (χ4n) is 5.23. The molecule has 0 atom stereocenters. The normalized spacial score (nSPS) is 14.6. The molecule has 45 heavy (non-hydrogen) atoms. The summed E-state index contributed by atoms with van der Waals surface area (Å²) in [5, 5.41) is 0. The van der Waals surface area contributed by atoms with E-state index in [9.17, 15) is 14.4 Å². The van der Waals surface area contributed by atoms with Gasteiger partial charge in [0, 0.05) is 13.2 Å².